The van der Waals surface area contributed by atoms with Crippen molar-refractivity contribution in [2.45, 2.75) is 58.7 Å². The van der Waals surface area contributed by atoms with Gasteiger partial charge >= 0.3 is 0 Å². The van der Waals surface area contributed by atoms with E-state index in [4.69, 9.17) is 16.3 Å². The van der Waals surface area contributed by atoms with E-state index in [1.165, 1.54) is 6.07 Å². The first-order valence-corrected chi connectivity index (χ1v) is 13.8. The first kappa shape index (κ1) is 28.8. The number of pyridine rings is 2. The number of piperidine rings is 1. The zero-order valence-electron chi connectivity index (χ0n) is 23.1. The van der Waals surface area contributed by atoms with Crippen LogP contribution in [0.2, 0.25) is 5.15 Å². The number of nitrogens with one attached hydrogen (secondary N) is 1. The van der Waals surface area contributed by atoms with Crippen molar-refractivity contribution in [3.63, 3.8) is 0 Å². The second-order valence-electron chi connectivity index (χ2n) is 10.2. The fourth-order valence-corrected chi connectivity index (χ4v) is 5.64. The first-order chi connectivity index (χ1) is 18.7. The third-order valence-electron chi connectivity index (χ3n) is 7.51. The maximum atomic E-state index is 13.8. The van der Waals surface area contributed by atoms with Gasteiger partial charge < -0.3 is 19.9 Å². The number of carbonyl (C=O) groups excluding carboxylic acids is 1. The average molecular weight is 554 g/mol. The average Bonchev–Trinajstić information content (AvgIpc) is 2.91. The number of hydrogen-bond donors (Lipinski definition) is 1. The van der Waals surface area contributed by atoms with Crippen molar-refractivity contribution in [1.82, 2.24) is 20.2 Å². The summed E-state index contributed by atoms with van der Waals surface area (Å²) in [5.74, 6) is 0.229. The summed E-state index contributed by atoms with van der Waals surface area (Å²) >= 11 is 6.01. The van der Waals surface area contributed by atoms with Gasteiger partial charge in [-0.15, -0.1) is 0 Å². The molecule has 0 saturated carbocycles. The molecule has 7 nitrogen and oxygen atoms in total. The van der Waals surface area contributed by atoms with Gasteiger partial charge in [-0.25, -0.2) is 9.97 Å². The zero-order chi connectivity index (χ0) is 27.9. The van der Waals surface area contributed by atoms with E-state index in [9.17, 15) is 9.18 Å². The van der Waals surface area contributed by atoms with Crippen molar-refractivity contribution >= 4 is 23.2 Å². The minimum Gasteiger partial charge on any atom is -0.497 e. The Morgan fingerprint density at radius 1 is 1.18 bits per heavy atom. The molecule has 1 fully saturated rings. The van der Waals surface area contributed by atoms with Gasteiger partial charge in [0.05, 0.1) is 30.6 Å². The molecule has 0 spiro atoms. The number of nitrogens with zero attached hydrogens (tertiary/aromatic N) is 4. The van der Waals surface area contributed by atoms with E-state index in [1.54, 1.807) is 26.2 Å². The number of anilines is 1. The summed E-state index contributed by atoms with van der Waals surface area (Å²) in [6.07, 6.45) is 2.81. The SMILES string of the molecule is COc1ccc(N(Cc2cccc(F)n2)C2CCN(C(C)CCNC(=O)c3c(C)cc(Cl)nc3C)CC2)cc1. The van der Waals surface area contributed by atoms with Crippen LogP contribution < -0.4 is 15.0 Å². The molecule has 208 valence electrons. The van der Waals surface area contributed by atoms with Crippen molar-refractivity contribution in [3.8, 4) is 5.75 Å². The molecule has 4 rings (SSSR count). The maximum absolute atomic E-state index is 13.8. The molecular weight excluding hydrogens is 517 g/mol. The quantitative estimate of drug-likeness (QED) is 0.331. The van der Waals surface area contributed by atoms with Crippen LogP contribution in [0.15, 0.2) is 48.5 Å². The monoisotopic (exact) mass is 553 g/mol. The summed E-state index contributed by atoms with van der Waals surface area (Å²) in [6, 6.07) is 15.3. The second-order valence-corrected chi connectivity index (χ2v) is 10.5. The van der Waals surface area contributed by atoms with Gasteiger partial charge in [0.25, 0.3) is 5.91 Å². The van der Waals surface area contributed by atoms with Crippen LogP contribution in [0.5, 0.6) is 5.75 Å². The molecule has 3 aromatic rings. The van der Waals surface area contributed by atoms with Crippen molar-refractivity contribution in [2.75, 3.05) is 31.6 Å². The third kappa shape index (κ3) is 7.46. The Bertz CT molecular complexity index is 1240. The molecule has 39 heavy (non-hydrogen) atoms. The van der Waals surface area contributed by atoms with Crippen LogP contribution in [-0.4, -0.2) is 59.6 Å². The number of amides is 1. The number of methoxy groups -OCH3 is 1. The second kappa shape index (κ2) is 13.2. The summed E-state index contributed by atoms with van der Waals surface area (Å²) in [6.45, 7) is 8.91. The number of likely N-dealkylation sites (tertiary alicyclic amines) is 1. The number of halogens is 2. The van der Waals surface area contributed by atoms with Crippen LogP contribution in [0.25, 0.3) is 0 Å². The molecule has 1 amide bonds. The molecule has 1 aliphatic heterocycles. The van der Waals surface area contributed by atoms with E-state index < -0.39 is 5.95 Å². The Hall–Kier alpha value is -3.23. The summed E-state index contributed by atoms with van der Waals surface area (Å²) in [5.41, 5.74) is 3.84. The number of hydrogen-bond acceptors (Lipinski definition) is 6. The standard InChI is InChI=1S/C30H37ClFN5O2/c1-20-18-27(31)34-22(3)29(20)30(38)33-15-12-21(2)36-16-13-25(14-17-36)37(19-23-6-5-7-28(32)35-23)24-8-10-26(39-4)11-9-24/h5-11,18,21,25H,12-17,19H2,1-4H3,(H,33,38). The van der Waals surface area contributed by atoms with Gasteiger partial charge in [0.1, 0.15) is 10.9 Å². The third-order valence-corrected chi connectivity index (χ3v) is 7.71. The lowest BCUT2D eigenvalue weighted by Crippen LogP contribution is -2.48. The molecule has 1 atom stereocenters. The minimum absolute atomic E-state index is 0.110. The molecule has 0 radical (unpaired) electrons. The number of carbonyl (C=O) groups is 1. The highest BCUT2D eigenvalue weighted by molar-refractivity contribution is 6.29. The molecule has 1 N–H and O–H groups in total. The van der Waals surface area contributed by atoms with Gasteiger partial charge in [-0.05, 0) is 88.1 Å². The Morgan fingerprint density at radius 2 is 1.90 bits per heavy atom. The summed E-state index contributed by atoms with van der Waals surface area (Å²) < 4.78 is 19.2. The van der Waals surface area contributed by atoms with Gasteiger partial charge in [0.15, 0.2) is 0 Å². The van der Waals surface area contributed by atoms with E-state index in [-0.39, 0.29) is 5.91 Å². The van der Waals surface area contributed by atoms with Crippen LogP contribution in [-0.2, 0) is 6.54 Å². The Kier molecular flexibility index (Phi) is 9.75. The highest BCUT2D eigenvalue weighted by Crippen LogP contribution is 2.28. The van der Waals surface area contributed by atoms with Crippen LogP contribution in [0.4, 0.5) is 10.1 Å². The Balaban J connectivity index is 1.34. The number of aromatic nitrogens is 2. The van der Waals surface area contributed by atoms with E-state index in [2.05, 4.69) is 44.1 Å². The molecule has 0 aliphatic carbocycles. The van der Waals surface area contributed by atoms with Crippen LogP contribution >= 0.6 is 11.6 Å². The zero-order valence-corrected chi connectivity index (χ0v) is 23.8. The van der Waals surface area contributed by atoms with Gasteiger partial charge in [0.2, 0.25) is 5.95 Å². The minimum atomic E-state index is -0.462. The van der Waals surface area contributed by atoms with Crippen LogP contribution in [0.1, 0.15) is 53.5 Å². The summed E-state index contributed by atoms with van der Waals surface area (Å²) in [5, 5.41) is 3.45. The fraction of sp³-hybridized carbons (Fsp3) is 0.433. The lowest BCUT2D eigenvalue weighted by atomic mass is 9.99. The van der Waals surface area contributed by atoms with Crippen molar-refractivity contribution in [2.24, 2.45) is 0 Å². The highest BCUT2D eigenvalue weighted by atomic mass is 35.5. The van der Waals surface area contributed by atoms with Gasteiger partial charge in [-0.1, -0.05) is 17.7 Å². The predicted octanol–water partition coefficient (Wildman–Crippen LogP) is 5.57. The van der Waals surface area contributed by atoms with Crippen LogP contribution in [0, 0.1) is 19.8 Å². The molecule has 1 saturated heterocycles. The molecule has 1 unspecified atom stereocenters. The summed E-state index contributed by atoms with van der Waals surface area (Å²) in [4.78, 5) is 25.9. The number of benzene rings is 1. The first-order valence-electron chi connectivity index (χ1n) is 13.4. The smallest absolute Gasteiger partial charge is 0.253 e. The lowest BCUT2D eigenvalue weighted by Gasteiger charge is -2.41. The van der Waals surface area contributed by atoms with Gasteiger partial charge in [-0.3, -0.25) is 4.79 Å². The van der Waals surface area contributed by atoms with Crippen LogP contribution in [0.3, 0.4) is 0 Å². The van der Waals surface area contributed by atoms with Crippen molar-refractivity contribution in [3.05, 3.63) is 82.1 Å². The lowest BCUT2D eigenvalue weighted by molar-refractivity contribution is 0.0943. The number of aryl methyl sites for hydroxylation is 2. The van der Waals surface area contributed by atoms with Crippen molar-refractivity contribution < 1.29 is 13.9 Å². The van der Waals surface area contributed by atoms with E-state index in [0.717, 1.165) is 49.4 Å². The maximum Gasteiger partial charge on any atom is 0.253 e. The molecular formula is C30H37ClFN5O2. The molecule has 1 aromatic carbocycles. The van der Waals surface area contributed by atoms with Crippen molar-refractivity contribution in [1.29, 1.82) is 0 Å². The Labute approximate surface area is 235 Å². The predicted molar refractivity (Wildman–Crippen MR) is 153 cm³/mol. The topological polar surface area (TPSA) is 70.6 Å². The van der Waals surface area contributed by atoms with Gasteiger partial charge in [0, 0.05) is 37.4 Å². The fourth-order valence-electron chi connectivity index (χ4n) is 5.35. The highest BCUT2D eigenvalue weighted by Gasteiger charge is 2.28. The van der Waals surface area contributed by atoms with E-state index in [1.807, 2.05) is 25.1 Å². The largest absolute Gasteiger partial charge is 0.497 e. The normalized spacial score (nSPS) is 15.1. The molecule has 9 heteroatoms. The number of ether oxygens (including phenoxy) is 1. The molecule has 1 aliphatic rings. The molecule has 0 bridgehead atoms. The Morgan fingerprint density at radius 3 is 2.54 bits per heavy atom. The van der Waals surface area contributed by atoms with E-state index >= 15 is 0 Å². The van der Waals surface area contributed by atoms with E-state index in [0.29, 0.717) is 47.3 Å². The molecule has 3 heterocycles. The number of rotatable bonds is 10. The van der Waals surface area contributed by atoms with Gasteiger partial charge in [-0.2, -0.15) is 4.39 Å². The summed E-state index contributed by atoms with van der Waals surface area (Å²) in [7, 11) is 1.66. The molecule has 2 aromatic heterocycles.